The van der Waals surface area contributed by atoms with Gasteiger partial charge in [-0.2, -0.15) is 0 Å². The first kappa shape index (κ1) is 8.84. The molecule has 1 fully saturated rings. The Bertz CT molecular complexity index is 352. The van der Waals surface area contributed by atoms with Gasteiger partial charge in [0.15, 0.2) is 4.77 Å². The molecule has 1 unspecified atom stereocenters. The third-order valence-electron chi connectivity index (χ3n) is 2.55. The summed E-state index contributed by atoms with van der Waals surface area (Å²) < 4.78 is 0.576. The van der Waals surface area contributed by atoms with Crippen LogP contribution in [0.5, 0.6) is 0 Å². The van der Waals surface area contributed by atoms with Crippen LogP contribution in [-0.4, -0.2) is 23.1 Å². The molecule has 1 aromatic rings. The molecule has 3 nitrogen and oxygen atoms in total. The molecule has 1 saturated heterocycles. The first-order valence-corrected chi connectivity index (χ1v) is 4.95. The van der Waals surface area contributed by atoms with E-state index in [1.165, 1.54) is 12.0 Å². The van der Waals surface area contributed by atoms with E-state index < -0.39 is 0 Å². The Balaban J connectivity index is 2.34. The number of aromatic amines is 1. The second kappa shape index (κ2) is 3.55. The normalized spacial score (nSPS) is 22.1. The van der Waals surface area contributed by atoms with Gasteiger partial charge in [-0.25, -0.2) is 4.98 Å². The first-order valence-electron chi connectivity index (χ1n) is 4.54. The topological polar surface area (TPSA) is 40.7 Å². The highest BCUT2D eigenvalue weighted by molar-refractivity contribution is 7.71. The maximum atomic E-state index is 4.95. The quantitative estimate of drug-likeness (QED) is 0.668. The van der Waals surface area contributed by atoms with Gasteiger partial charge in [-0.1, -0.05) is 0 Å². The van der Waals surface area contributed by atoms with Gasteiger partial charge in [0.25, 0.3) is 0 Å². The summed E-state index contributed by atoms with van der Waals surface area (Å²) in [4.78, 5) is 7.21. The third kappa shape index (κ3) is 1.78. The van der Waals surface area contributed by atoms with Crippen molar-refractivity contribution in [2.24, 2.45) is 0 Å². The summed E-state index contributed by atoms with van der Waals surface area (Å²) in [5, 5.41) is 3.34. The smallest absolute Gasteiger partial charge is 0.196 e. The van der Waals surface area contributed by atoms with Crippen LogP contribution in [-0.2, 0) is 0 Å². The van der Waals surface area contributed by atoms with Crippen LogP contribution in [0, 0.1) is 11.7 Å². The standard InChI is InChI=1S/C9H13N3S/c1-6-8(5-11-9(13)12-6)7-2-3-10-4-7/h5,7,10H,2-4H2,1H3,(H,11,12,13). The molecule has 0 aromatic carbocycles. The van der Waals surface area contributed by atoms with Gasteiger partial charge in [0.2, 0.25) is 0 Å². The van der Waals surface area contributed by atoms with E-state index in [0.29, 0.717) is 10.7 Å². The van der Waals surface area contributed by atoms with E-state index in [0.717, 1.165) is 18.8 Å². The maximum Gasteiger partial charge on any atom is 0.196 e. The average Bonchev–Trinajstić information content (AvgIpc) is 2.56. The Labute approximate surface area is 82.6 Å². The summed E-state index contributed by atoms with van der Waals surface area (Å²) >= 11 is 4.95. The number of aryl methyl sites for hydroxylation is 1. The van der Waals surface area contributed by atoms with Crippen molar-refractivity contribution in [1.82, 2.24) is 15.3 Å². The van der Waals surface area contributed by atoms with Gasteiger partial charge < -0.3 is 10.3 Å². The lowest BCUT2D eigenvalue weighted by Gasteiger charge is -2.10. The molecule has 0 amide bonds. The van der Waals surface area contributed by atoms with Crippen molar-refractivity contribution in [2.45, 2.75) is 19.3 Å². The Morgan fingerprint density at radius 1 is 1.62 bits per heavy atom. The van der Waals surface area contributed by atoms with Gasteiger partial charge >= 0.3 is 0 Å². The lowest BCUT2D eigenvalue weighted by molar-refractivity contribution is 0.741. The number of nitrogens with one attached hydrogen (secondary N) is 2. The van der Waals surface area contributed by atoms with Crippen molar-refractivity contribution in [1.29, 1.82) is 0 Å². The van der Waals surface area contributed by atoms with Gasteiger partial charge in [0.1, 0.15) is 0 Å². The summed E-state index contributed by atoms with van der Waals surface area (Å²) in [6, 6.07) is 0. The second-order valence-electron chi connectivity index (χ2n) is 3.46. The van der Waals surface area contributed by atoms with Crippen LogP contribution >= 0.6 is 12.2 Å². The molecule has 0 aliphatic carbocycles. The molecule has 1 aliphatic rings. The number of rotatable bonds is 1. The molecule has 2 heterocycles. The Morgan fingerprint density at radius 3 is 3.08 bits per heavy atom. The van der Waals surface area contributed by atoms with E-state index in [4.69, 9.17) is 12.2 Å². The molecule has 1 atom stereocenters. The van der Waals surface area contributed by atoms with E-state index in [1.807, 2.05) is 6.20 Å². The summed E-state index contributed by atoms with van der Waals surface area (Å²) in [6.07, 6.45) is 3.11. The van der Waals surface area contributed by atoms with E-state index in [2.05, 4.69) is 22.2 Å². The van der Waals surface area contributed by atoms with Gasteiger partial charge in [0.05, 0.1) is 0 Å². The zero-order valence-corrected chi connectivity index (χ0v) is 8.45. The zero-order valence-electron chi connectivity index (χ0n) is 7.63. The summed E-state index contributed by atoms with van der Waals surface area (Å²) in [5.41, 5.74) is 2.47. The van der Waals surface area contributed by atoms with Crippen LogP contribution in [0.3, 0.4) is 0 Å². The third-order valence-corrected chi connectivity index (χ3v) is 2.76. The van der Waals surface area contributed by atoms with E-state index in [9.17, 15) is 0 Å². The van der Waals surface area contributed by atoms with Crippen LogP contribution in [0.15, 0.2) is 6.20 Å². The lowest BCUT2D eigenvalue weighted by Crippen LogP contribution is -2.09. The number of hydrogen-bond acceptors (Lipinski definition) is 3. The molecule has 2 rings (SSSR count). The summed E-state index contributed by atoms with van der Waals surface area (Å²) in [5.74, 6) is 0.611. The largest absolute Gasteiger partial charge is 0.335 e. The maximum absolute atomic E-state index is 4.95. The highest BCUT2D eigenvalue weighted by atomic mass is 32.1. The minimum absolute atomic E-state index is 0.576. The SMILES string of the molecule is Cc1[nH]c(=S)ncc1C1CCNC1. The minimum Gasteiger partial charge on any atom is -0.335 e. The van der Waals surface area contributed by atoms with Crippen molar-refractivity contribution >= 4 is 12.2 Å². The van der Waals surface area contributed by atoms with Crippen molar-refractivity contribution in [3.05, 3.63) is 22.2 Å². The number of aromatic nitrogens is 2. The summed E-state index contributed by atoms with van der Waals surface area (Å²) in [6.45, 7) is 4.23. The fraction of sp³-hybridized carbons (Fsp3) is 0.556. The predicted octanol–water partition coefficient (Wildman–Crippen LogP) is 1.52. The molecule has 0 spiro atoms. The fourth-order valence-electron chi connectivity index (χ4n) is 1.82. The van der Waals surface area contributed by atoms with Crippen molar-refractivity contribution in [3.63, 3.8) is 0 Å². The molecule has 13 heavy (non-hydrogen) atoms. The number of nitrogens with zero attached hydrogens (tertiary/aromatic N) is 1. The Hall–Kier alpha value is -0.740. The minimum atomic E-state index is 0.576. The summed E-state index contributed by atoms with van der Waals surface area (Å²) in [7, 11) is 0. The van der Waals surface area contributed by atoms with Gasteiger partial charge in [-0.05, 0) is 37.7 Å². The van der Waals surface area contributed by atoms with E-state index >= 15 is 0 Å². The van der Waals surface area contributed by atoms with Crippen molar-refractivity contribution in [3.8, 4) is 0 Å². The van der Waals surface area contributed by atoms with E-state index in [1.54, 1.807) is 0 Å². The molecule has 0 saturated carbocycles. The highest BCUT2D eigenvalue weighted by Crippen LogP contribution is 2.23. The molecule has 1 aromatic heterocycles. The van der Waals surface area contributed by atoms with Gasteiger partial charge in [0, 0.05) is 24.4 Å². The van der Waals surface area contributed by atoms with E-state index in [-0.39, 0.29) is 0 Å². The second-order valence-corrected chi connectivity index (χ2v) is 3.85. The highest BCUT2D eigenvalue weighted by Gasteiger charge is 2.18. The van der Waals surface area contributed by atoms with Gasteiger partial charge in [-0.15, -0.1) is 0 Å². The Morgan fingerprint density at radius 2 is 2.46 bits per heavy atom. The fourth-order valence-corrected chi connectivity index (χ4v) is 2.03. The molecule has 0 bridgehead atoms. The monoisotopic (exact) mass is 195 g/mol. The van der Waals surface area contributed by atoms with Crippen molar-refractivity contribution in [2.75, 3.05) is 13.1 Å². The van der Waals surface area contributed by atoms with Crippen LogP contribution in [0.2, 0.25) is 0 Å². The zero-order chi connectivity index (χ0) is 9.26. The van der Waals surface area contributed by atoms with Crippen LogP contribution in [0.1, 0.15) is 23.6 Å². The van der Waals surface area contributed by atoms with Crippen LogP contribution < -0.4 is 5.32 Å². The van der Waals surface area contributed by atoms with Crippen molar-refractivity contribution < 1.29 is 0 Å². The first-order chi connectivity index (χ1) is 6.27. The number of hydrogen-bond donors (Lipinski definition) is 2. The average molecular weight is 195 g/mol. The molecule has 4 heteroatoms. The Kier molecular flexibility index (Phi) is 2.42. The van der Waals surface area contributed by atoms with Crippen LogP contribution in [0.4, 0.5) is 0 Å². The molecule has 0 radical (unpaired) electrons. The molecule has 2 N–H and O–H groups in total. The van der Waals surface area contributed by atoms with Crippen LogP contribution in [0.25, 0.3) is 0 Å². The molecule has 70 valence electrons. The van der Waals surface area contributed by atoms with Gasteiger partial charge in [-0.3, -0.25) is 0 Å². The lowest BCUT2D eigenvalue weighted by atomic mass is 9.99. The molecular formula is C9H13N3S. The predicted molar refractivity (Wildman–Crippen MR) is 54.4 cm³/mol. The molecular weight excluding hydrogens is 182 g/mol. The number of H-pyrrole nitrogens is 1. The molecule has 1 aliphatic heterocycles.